The minimum Gasteiger partial charge on any atom is -0.495 e. The number of amides is 1. The van der Waals surface area contributed by atoms with E-state index in [-0.39, 0.29) is 16.4 Å². The second-order valence-electron chi connectivity index (χ2n) is 5.44. The van der Waals surface area contributed by atoms with E-state index >= 15 is 0 Å². The van der Waals surface area contributed by atoms with Crippen molar-refractivity contribution in [3.05, 3.63) is 54.1 Å². The fourth-order valence-electron chi connectivity index (χ4n) is 2.28. The summed E-state index contributed by atoms with van der Waals surface area (Å²) < 4.78 is 32.9. The van der Waals surface area contributed by atoms with E-state index in [0.717, 1.165) is 6.54 Å². The van der Waals surface area contributed by atoms with Crippen molar-refractivity contribution >= 4 is 21.6 Å². The van der Waals surface area contributed by atoms with E-state index in [0.29, 0.717) is 24.5 Å². The summed E-state index contributed by atoms with van der Waals surface area (Å²) in [5, 5.41) is 5.84. The monoisotopic (exact) mass is 377 g/mol. The Morgan fingerprint density at radius 1 is 1.08 bits per heavy atom. The SMILES string of the molecule is CCNCCNC(=O)c1cccc(S(=O)(=O)Nc2ccccc2OC)c1. The van der Waals surface area contributed by atoms with Crippen LogP contribution in [0.15, 0.2) is 53.4 Å². The van der Waals surface area contributed by atoms with Crippen LogP contribution in [0.2, 0.25) is 0 Å². The topological polar surface area (TPSA) is 96.5 Å². The maximum Gasteiger partial charge on any atom is 0.262 e. The molecule has 0 fully saturated rings. The number of anilines is 1. The van der Waals surface area contributed by atoms with Crippen LogP contribution in [0.4, 0.5) is 5.69 Å². The molecule has 2 rings (SSSR count). The van der Waals surface area contributed by atoms with Gasteiger partial charge < -0.3 is 15.4 Å². The van der Waals surface area contributed by atoms with Crippen LogP contribution in [-0.2, 0) is 10.0 Å². The molecule has 1 amide bonds. The molecule has 3 N–H and O–H groups in total. The van der Waals surface area contributed by atoms with Crippen molar-refractivity contribution in [1.29, 1.82) is 0 Å². The second kappa shape index (κ2) is 9.21. The molecular formula is C18H23N3O4S. The van der Waals surface area contributed by atoms with Gasteiger partial charge in [0.1, 0.15) is 5.75 Å². The molecule has 0 aliphatic heterocycles. The average Bonchev–Trinajstić information content (AvgIpc) is 2.65. The summed E-state index contributed by atoms with van der Waals surface area (Å²) >= 11 is 0. The first-order valence-electron chi connectivity index (χ1n) is 8.22. The molecule has 0 atom stereocenters. The fourth-order valence-corrected chi connectivity index (χ4v) is 3.40. The molecule has 140 valence electrons. The van der Waals surface area contributed by atoms with Gasteiger partial charge in [-0.15, -0.1) is 0 Å². The smallest absolute Gasteiger partial charge is 0.262 e. The third-order valence-electron chi connectivity index (χ3n) is 3.60. The summed E-state index contributed by atoms with van der Waals surface area (Å²) in [4.78, 5) is 12.2. The average molecular weight is 377 g/mol. The zero-order valence-corrected chi connectivity index (χ0v) is 15.6. The van der Waals surface area contributed by atoms with Crippen LogP contribution in [0.25, 0.3) is 0 Å². The van der Waals surface area contributed by atoms with E-state index in [1.165, 1.54) is 25.3 Å². The van der Waals surface area contributed by atoms with Crippen molar-refractivity contribution in [2.75, 3.05) is 31.5 Å². The van der Waals surface area contributed by atoms with Crippen molar-refractivity contribution in [3.63, 3.8) is 0 Å². The van der Waals surface area contributed by atoms with Gasteiger partial charge in [-0.1, -0.05) is 25.1 Å². The summed E-state index contributed by atoms with van der Waals surface area (Å²) in [6, 6.07) is 12.6. The number of sulfonamides is 1. The van der Waals surface area contributed by atoms with E-state index in [2.05, 4.69) is 15.4 Å². The highest BCUT2D eigenvalue weighted by Gasteiger charge is 2.18. The first-order valence-corrected chi connectivity index (χ1v) is 9.71. The number of hydrogen-bond acceptors (Lipinski definition) is 5. The maximum atomic E-state index is 12.6. The molecular weight excluding hydrogens is 354 g/mol. The van der Waals surface area contributed by atoms with Crippen LogP contribution in [0, 0.1) is 0 Å². The number of para-hydroxylation sites is 2. The summed E-state index contributed by atoms with van der Waals surface area (Å²) in [6.45, 7) is 3.90. The van der Waals surface area contributed by atoms with Crippen LogP contribution in [-0.4, -0.2) is 41.1 Å². The molecule has 0 radical (unpaired) electrons. The Bertz CT molecular complexity index is 853. The van der Waals surface area contributed by atoms with Crippen LogP contribution < -0.4 is 20.1 Å². The van der Waals surface area contributed by atoms with Gasteiger partial charge in [-0.05, 0) is 36.9 Å². The number of likely N-dealkylation sites (N-methyl/N-ethyl adjacent to an activating group) is 1. The van der Waals surface area contributed by atoms with Gasteiger partial charge in [0.15, 0.2) is 0 Å². The molecule has 0 aliphatic rings. The Kier molecular flexibility index (Phi) is 6.99. The fraction of sp³-hybridized carbons (Fsp3) is 0.278. The van der Waals surface area contributed by atoms with Crippen molar-refractivity contribution in [1.82, 2.24) is 10.6 Å². The van der Waals surface area contributed by atoms with Crippen LogP contribution >= 0.6 is 0 Å². The van der Waals surface area contributed by atoms with Gasteiger partial charge in [-0.25, -0.2) is 8.42 Å². The largest absolute Gasteiger partial charge is 0.495 e. The first kappa shape index (κ1) is 19.7. The van der Waals surface area contributed by atoms with E-state index < -0.39 is 10.0 Å². The van der Waals surface area contributed by atoms with Gasteiger partial charge in [0.25, 0.3) is 15.9 Å². The molecule has 0 saturated heterocycles. The maximum absolute atomic E-state index is 12.6. The lowest BCUT2D eigenvalue weighted by atomic mass is 10.2. The van der Waals surface area contributed by atoms with Crippen LogP contribution in [0.3, 0.4) is 0 Å². The molecule has 0 heterocycles. The predicted octanol–water partition coefficient (Wildman–Crippen LogP) is 1.84. The van der Waals surface area contributed by atoms with E-state index in [1.54, 1.807) is 30.3 Å². The lowest BCUT2D eigenvalue weighted by Crippen LogP contribution is -2.31. The standard InChI is InChI=1S/C18H23N3O4S/c1-3-19-11-12-20-18(22)14-7-6-8-15(13-14)26(23,24)21-16-9-4-5-10-17(16)25-2/h4-10,13,19,21H,3,11-12H2,1-2H3,(H,20,22). The number of nitrogens with one attached hydrogen (secondary N) is 3. The van der Waals surface area contributed by atoms with Gasteiger partial charge in [-0.3, -0.25) is 9.52 Å². The van der Waals surface area contributed by atoms with Crippen molar-refractivity contribution in [3.8, 4) is 5.75 Å². The summed E-state index contributed by atoms with van der Waals surface area (Å²) in [5.74, 6) is 0.0886. The van der Waals surface area contributed by atoms with Crippen LogP contribution in [0.5, 0.6) is 5.75 Å². The molecule has 26 heavy (non-hydrogen) atoms. The minimum atomic E-state index is -3.85. The van der Waals surface area contributed by atoms with E-state index in [9.17, 15) is 13.2 Å². The second-order valence-corrected chi connectivity index (χ2v) is 7.13. The number of carbonyl (C=O) groups is 1. The number of rotatable bonds is 9. The Morgan fingerprint density at radius 2 is 1.85 bits per heavy atom. The summed E-state index contributed by atoms with van der Waals surface area (Å²) in [5.41, 5.74) is 0.611. The normalized spacial score (nSPS) is 11.0. The molecule has 2 aromatic rings. The predicted molar refractivity (Wildman–Crippen MR) is 101 cm³/mol. The lowest BCUT2D eigenvalue weighted by molar-refractivity contribution is 0.0953. The zero-order valence-electron chi connectivity index (χ0n) is 14.8. The van der Waals surface area contributed by atoms with Gasteiger partial charge >= 0.3 is 0 Å². The minimum absolute atomic E-state index is 0.00254. The number of carbonyl (C=O) groups excluding carboxylic acids is 1. The Balaban J connectivity index is 2.16. The summed E-state index contributed by atoms with van der Waals surface area (Å²) in [6.07, 6.45) is 0. The molecule has 0 saturated carbocycles. The third kappa shape index (κ3) is 5.21. The van der Waals surface area contributed by atoms with Crippen molar-refractivity contribution < 1.29 is 17.9 Å². The first-order chi connectivity index (χ1) is 12.5. The van der Waals surface area contributed by atoms with Gasteiger partial charge in [-0.2, -0.15) is 0 Å². The number of methoxy groups -OCH3 is 1. The molecule has 8 heteroatoms. The molecule has 0 unspecified atom stereocenters. The van der Waals surface area contributed by atoms with Crippen molar-refractivity contribution in [2.45, 2.75) is 11.8 Å². The lowest BCUT2D eigenvalue weighted by Gasteiger charge is -2.12. The van der Waals surface area contributed by atoms with E-state index in [4.69, 9.17) is 4.74 Å². The zero-order chi connectivity index (χ0) is 19.0. The number of ether oxygens (including phenoxy) is 1. The van der Waals surface area contributed by atoms with Gasteiger partial charge in [0.05, 0.1) is 17.7 Å². The molecule has 0 spiro atoms. The quantitative estimate of drug-likeness (QED) is 0.580. The van der Waals surface area contributed by atoms with E-state index in [1.807, 2.05) is 6.92 Å². The highest BCUT2D eigenvalue weighted by molar-refractivity contribution is 7.92. The highest BCUT2D eigenvalue weighted by atomic mass is 32.2. The molecule has 0 aliphatic carbocycles. The molecule has 2 aromatic carbocycles. The molecule has 7 nitrogen and oxygen atoms in total. The van der Waals surface area contributed by atoms with Crippen molar-refractivity contribution in [2.24, 2.45) is 0 Å². The third-order valence-corrected chi connectivity index (χ3v) is 4.96. The number of benzene rings is 2. The molecule has 0 bridgehead atoms. The number of hydrogen-bond donors (Lipinski definition) is 3. The Labute approximate surface area is 153 Å². The Morgan fingerprint density at radius 3 is 2.58 bits per heavy atom. The highest BCUT2D eigenvalue weighted by Crippen LogP contribution is 2.26. The van der Waals surface area contributed by atoms with Crippen LogP contribution in [0.1, 0.15) is 17.3 Å². The molecule has 0 aromatic heterocycles. The Hall–Kier alpha value is -2.58. The summed E-state index contributed by atoms with van der Waals surface area (Å²) in [7, 11) is -2.39. The van der Waals surface area contributed by atoms with Gasteiger partial charge in [0, 0.05) is 18.7 Å². The van der Waals surface area contributed by atoms with Gasteiger partial charge in [0.2, 0.25) is 0 Å².